The monoisotopic (exact) mass is 482 g/mol. The molecule has 0 saturated heterocycles. The van der Waals surface area contributed by atoms with Crippen LogP contribution >= 0.6 is 46.9 Å². The Balaban J connectivity index is 0.00000288. The van der Waals surface area contributed by atoms with E-state index in [1.54, 1.807) is 23.5 Å². The normalized spacial score (nSPS) is 11.0. The van der Waals surface area contributed by atoms with E-state index in [0.29, 0.717) is 18.8 Å². The van der Waals surface area contributed by atoms with Crippen LogP contribution in [-0.4, -0.2) is 30.4 Å². The molecular weight excluding hydrogens is 463 g/mol. The fourth-order valence-corrected chi connectivity index (χ4v) is 3.10. The Morgan fingerprint density at radius 3 is 2.71 bits per heavy atom. The van der Waals surface area contributed by atoms with Gasteiger partial charge in [0.25, 0.3) is 5.91 Å². The first-order valence-corrected chi connectivity index (χ1v) is 8.31. The highest BCUT2D eigenvalue weighted by Crippen LogP contribution is 2.22. The number of guanidine groups is 1. The molecule has 2 heterocycles. The minimum Gasteiger partial charge on any atom is -0.454 e. The lowest BCUT2D eigenvalue weighted by Crippen LogP contribution is -2.38. The highest BCUT2D eigenvalue weighted by molar-refractivity contribution is 14.0. The van der Waals surface area contributed by atoms with Gasteiger partial charge in [-0.25, -0.2) is 4.99 Å². The van der Waals surface area contributed by atoms with Gasteiger partial charge >= 0.3 is 0 Å². The molecule has 0 bridgehead atoms. The summed E-state index contributed by atoms with van der Waals surface area (Å²) in [7, 11) is 1.95. The number of carbonyl (C=O) groups is 1. The lowest BCUT2D eigenvalue weighted by molar-refractivity contribution is 0.0972. The third kappa shape index (κ3) is 5.99. The lowest BCUT2D eigenvalue weighted by atomic mass is 10.4. The van der Waals surface area contributed by atoms with E-state index in [1.165, 1.54) is 0 Å². The van der Waals surface area contributed by atoms with Gasteiger partial charge in [-0.2, -0.15) is 0 Å². The minimum absolute atomic E-state index is 0. The average Bonchev–Trinajstić information content (AvgIpc) is 3.12. The molecule has 0 aliphatic rings. The van der Waals surface area contributed by atoms with E-state index in [2.05, 4.69) is 10.3 Å². The highest BCUT2D eigenvalue weighted by atomic mass is 127. The molecule has 9 heteroatoms. The Morgan fingerprint density at radius 1 is 1.42 bits per heavy atom. The summed E-state index contributed by atoms with van der Waals surface area (Å²) in [4.78, 5) is 18.7. The molecular formula is C15H20ClIN4O2S. The maximum absolute atomic E-state index is 11.0. The van der Waals surface area contributed by atoms with Crippen LogP contribution in [0.2, 0.25) is 4.34 Å². The Kier molecular flexibility index (Phi) is 8.57. The Bertz CT molecular complexity index is 701. The van der Waals surface area contributed by atoms with E-state index in [-0.39, 0.29) is 29.7 Å². The highest BCUT2D eigenvalue weighted by Gasteiger charge is 2.10. The maximum atomic E-state index is 11.0. The van der Waals surface area contributed by atoms with Crippen LogP contribution in [0.15, 0.2) is 33.7 Å². The van der Waals surface area contributed by atoms with Crippen molar-refractivity contribution in [2.24, 2.45) is 10.7 Å². The third-order valence-corrected chi connectivity index (χ3v) is 4.22. The van der Waals surface area contributed by atoms with Crippen molar-refractivity contribution in [3.05, 3.63) is 45.0 Å². The van der Waals surface area contributed by atoms with Crippen molar-refractivity contribution in [1.82, 2.24) is 10.2 Å². The number of rotatable bonds is 6. The van der Waals surface area contributed by atoms with Crippen molar-refractivity contribution in [2.75, 3.05) is 13.6 Å². The molecule has 0 aliphatic heterocycles. The number of aliphatic imine (C=N–C) groups is 1. The van der Waals surface area contributed by atoms with E-state index in [4.69, 9.17) is 21.8 Å². The second-order valence-corrected chi connectivity index (χ2v) is 6.66. The van der Waals surface area contributed by atoms with Crippen molar-refractivity contribution < 1.29 is 9.21 Å². The predicted octanol–water partition coefficient (Wildman–Crippen LogP) is 3.31. The second kappa shape index (κ2) is 9.90. The number of halogens is 2. The molecule has 3 N–H and O–H groups in total. The van der Waals surface area contributed by atoms with Gasteiger partial charge in [-0.1, -0.05) is 11.6 Å². The number of thiophene rings is 1. The maximum Gasteiger partial charge on any atom is 0.284 e. The fraction of sp³-hybridized carbons (Fsp3) is 0.333. The van der Waals surface area contributed by atoms with E-state index >= 15 is 0 Å². The van der Waals surface area contributed by atoms with Crippen LogP contribution in [0.5, 0.6) is 0 Å². The molecule has 2 aromatic rings. The molecule has 0 spiro atoms. The van der Waals surface area contributed by atoms with Crippen molar-refractivity contribution in [1.29, 1.82) is 0 Å². The first-order chi connectivity index (χ1) is 11.0. The van der Waals surface area contributed by atoms with Gasteiger partial charge in [-0.3, -0.25) is 4.79 Å². The number of furan rings is 1. The molecule has 0 saturated carbocycles. The van der Waals surface area contributed by atoms with E-state index in [1.807, 2.05) is 31.0 Å². The largest absolute Gasteiger partial charge is 0.454 e. The van der Waals surface area contributed by atoms with Crippen LogP contribution in [0.25, 0.3) is 0 Å². The smallest absolute Gasteiger partial charge is 0.284 e. The zero-order chi connectivity index (χ0) is 16.8. The molecule has 1 amide bonds. The van der Waals surface area contributed by atoms with E-state index in [9.17, 15) is 4.79 Å². The molecule has 0 radical (unpaired) electrons. The summed E-state index contributed by atoms with van der Waals surface area (Å²) >= 11 is 7.50. The van der Waals surface area contributed by atoms with Crippen LogP contribution in [0, 0.1) is 0 Å². The summed E-state index contributed by atoms with van der Waals surface area (Å²) in [5, 5.41) is 3.22. The van der Waals surface area contributed by atoms with E-state index < -0.39 is 5.91 Å². The molecule has 0 unspecified atom stereocenters. The summed E-state index contributed by atoms with van der Waals surface area (Å²) < 4.78 is 6.10. The molecule has 132 valence electrons. The first-order valence-electron chi connectivity index (χ1n) is 7.11. The predicted molar refractivity (Wildman–Crippen MR) is 108 cm³/mol. The van der Waals surface area contributed by atoms with Gasteiger partial charge in [0.15, 0.2) is 11.7 Å². The van der Waals surface area contributed by atoms with Crippen molar-refractivity contribution in [2.45, 2.75) is 20.0 Å². The number of hydrogen-bond donors (Lipinski definition) is 2. The summed E-state index contributed by atoms with van der Waals surface area (Å²) in [6, 6.07) is 7.13. The number of nitrogens with one attached hydrogen (secondary N) is 1. The summed E-state index contributed by atoms with van der Waals surface area (Å²) in [5.41, 5.74) is 5.17. The third-order valence-electron chi connectivity index (χ3n) is 3.01. The van der Waals surface area contributed by atoms with Crippen LogP contribution in [0.4, 0.5) is 0 Å². The standard InChI is InChI=1S/C15H19ClN4O2S.HI/c1-3-18-15(20(2)9-11-5-7-13(16)23-11)19-8-10-4-6-12(22-10)14(17)21;/h4-7H,3,8-9H2,1-2H3,(H2,17,21)(H,18,19);1H. The molecule has 0 aromatic carbocycles. The van der Waals surface area contributed by atoms with Crippen LogP contribution in [0.1, 0.15) is 28.1 Å². The van der Waals surface area contributed by atoms with Crippen LogP contribution in [0.3, 0.4) is 0 Å². The molecule has 2 rings (SSSR count). The average molecular weight is 483 g/mol. The number of nitrogens with two attached hydrogens (primary N) is 1. The lowest BCUT2D eigenvalue weighted by Gasteiger charge is -2.21. The van der Waals surface area contributed by atoms with Gasteiger partial charge in [0.2, 0.25) is 0 Å². The zero-order valence-electron chi connectivity index (χ0n) is 13.4. The number of amides is 1. The number of carbonyl (C=O) groups excluding carboxylic acids is 1. The summed E-state index contributed by atoms with van der Waals surface area (Å²) in [6.45, 7) is 3.78. The molecule has 24 heavy (non-hydrogen) atoms. The van der Waals surface area contributed by atoms with Crippen molar-refractivity contribution >= 4 is 58.8 Å². The van der Waals surface area contributed by atoms with Gasteiger partial charge in [0.1, 0.15) is 12.3 Å². The van der Waals surface area contributed by atoms with Gasteiger partial charge < -0.3 is 20.4 Å². The topological polar surface area (TPSA) is 83.9 Å². The Hall–Kier alpha value is -1.26. The number of primary amides is 1. The molecule has 0 fully saturated rings. The Labute approximate surface area is 167 Å². The first kappa shape index (κ1) is 20.8. The number of hydrogen-bond acceptors (Lipinski definition) is 4. The van der Waals surface area contributed by atoms with Gasteiger partial charge in [0.05, 0.1) is 10.9 Å². The van der Waals surface area contributed by atoms with Gasteiger partial charge in [-0.15, -0.1) is 35.3 Å². The molecule has 6 nitrogen and oxygen atoms in total. The fourth-order valence-electron chi connectivity index (χ4n) is 1.96. The number of nitrogens with zero attached hydrogens (tertiary/aromatic N) is 2. The molecule has 0 atom stereocenters. The van der Waals surface area contributed by atoms with Gasteiger partial charge in [-0.05, 0) is 31.2 Å². The zero-order valence-corrected chi connectivity index (χ0v) is 17.3. The van der Waals surface area contributed by atoms with Crippen molar-refractivity contribution in [3.8, 4) is 0 Å². The quantitative estimate of drug-likeness (QED) is 0.376. The Morgan fingerprint density at radius 2 is 2.17 bits per heavy atom. The van der Waals surface area contributed by atoms with Crippen LogP contribution < -0.4 is 11.1 Å². The minimum atomic E-state index is -0.584. The molecule has 2 aromatic heterocycles. The molecule has 0 aliphatic carbocycles. The summed E-state index contributed by atoms with van der Waals surface area (Å²) in [5.74, 6) is 0.886. The van der Waals surface area contributed by atoms with Gasteiger partial charge in [0, 0.05) is 18.5 Å². The SMILES string of the molecule is CCNC(=NCc1ccc(C(N)=O)o1)N(C)Cc1ccc(Cl)s1.I. The van der Waals surface area contributed by atoms with Crippen LogP contribution in [-0.2, 0) is 13.1 Å². The second-order valence-electron chi connectivity index (χ2n) is 4.86. The van der Waals surface area contributed by atoms with Crippen molar-refractivity contribution in [3.63, 3.8) is 0 Å². The van der Waals surface area contributed by atoms with E-state index in [0.717, 1.165) is 21.7 Å². The summed E-state index contributed by atoms with van der Waals surface area (Å²) in [6.07, 6.45) is 0.